The Bertz CT molecular complexity index is 227. The van der Waals surface area contributed by atoms with E-state index in [1.54, 1.807) is 0 Å². The highest BCUT2D eigenvalue weighted by atomic mass is 16.5. The molecule has 4 nitrogen and oxygen atoms in total. The Morgan fingerprint density at radius 2 is 2.00 bits per heavy atom. The van der Waals surface area contributed by atoms with Crippen LogP contribution in [0.4, 0.5) is 0 Å². The van der Waals surface area contributed by atoms with Gasteiger partial charge in [0.15, 0.2) is 0 Å². The maximum Gasteiger partial charge on any atom is 0.249 e. The molecule has 2 fully saturated rings. The third kappa shape index (κ3) is 2.69. The second kappa shape index (κ2) is 4.94. The fourth-order valence-electron chi connectivity index (χ4n) is 2.40. The molecule has 1 amide bonds. The SMILES string of the molecule is N[C@@H]1CCCC[C@H]1NC(=O)[C@@H]1CCCO1. The number of amides is 1. The summed E-state index contributed by atoms with van der Waals surface area (Å²) < 4.78 is 5.34. The van der Waals surface area contributed by atoms with Crippen LogP contribution in [0.15, 0.2) is 0 Å². The molecule has 1 saturated carbocycles. The minimum Gasteiger partial charge on any atom is -0.368 e. The van der Waals surface area contributed by atoms with Gasteiger partial charge in [0.25, 0.3) is 0 Å². The number of hydrogen-bond donors (Lipinski definition) is 2. The first-order valence-corrected chi connectivity index (χ1v) is 5.95. The Balaban J connectivity index is 1.81. The molecule has 2 aliphatic rings. The molecule has 0 aromatic heterocycles. The van der Waals surface area contributed by atoms with Crippen molar-refractivity contribution in [2.75, 3.05) is 6.61 Å². The molecule has 1 aliphatic carbocycles. The normalized spacial score (nSPS) is 36.5. The Morgan fingerprint density at radius 1 is 1.20 bits per heavy atom. The van der Waals surface area contributed by atoms with Crippen LogP contribution in [-0.4, -0.2) is 30.7 Å². The van der Waals surface area contributed by atoms with Crippen molar-refractivity contribution in [3.05, 3.63) is 0 Å². The number of nitrogens with one attached hydrogen (secondary N) is 1. The molecule has 86 valence electrons. The van der Waals surface area contributed by atoms with E-state index in [0.29, 0.717) is 0 Å². The van der Waals surface area contributed by atoms with E-state index in [1.807, 2.05) is 0 Å². The first kappa shape index (κ1) is 10.9. The lowest BCUT2D eigenvalue weighted by Gasteiger charge is -2.30. The van der Waals surface area contributed by atoms with Crippen LogP contribution in [0, 0.1) is 0 Å². The van der Waals surface area contributed by atoms with Gasteiger partial charge >= 0.3 is 0 Å². The summed E-state index contributed by atoms with van der Waals surface area (Å²) in [6.45, 7) is 0.717. The monoisotopic (exact) mass is 212 g/mol. The molecule has 0 aromatic rings. The summed E-state index contributed by atoms with van der Waals surface area (Å²) in [7, 11) is 0. The van der Waals surface area contributed by atoms with Crippen LogP contribution in [0.5, 0.6) is 0 Å². The lowest BCUT2D eigenvalue weighted by Crippen LogP contribution is -2.51. The molecule has 15 heavy (non-hydrogen) atoms. The minimum atomic E-state index is -0.223. The lowest BCUT2D eigenvalue weighted by molar-refractivity contribution is -0.131. The van der Waals surface area contributed by atoms with Gasteiger partial charge in [-0.2, -0.15) is 0 Å². The Hall–Kier alpha value is -0.610. The summed E-state index contributed by atoms with van der Waals surface area (Å²) in [6.07, 6.45) is 6.02. The fraction of sp³-hybridized carbons (Fsp3) is 0.909. The van der Waals surface area contributed by atoms with Crippen LogP contribution in [0.3, 0.4) is 0 Å². The highest BCUT2D eigenvalue weighted by Crippen LogP contribution is 2.18. The first-order chi connectivity index (χ1) is 7.27. The number of ether oxygens (including phenoxy) is 1. The molecule has 3 atom stereocenters. The van der Waals surface area contributed by atoms with E-state index in [2.05, 4.69) is 5.32 Å². The molecule has 0 unspecified atom stereocenters. The van der Waals surface area contributed by atoms with Gasteiger partial charge in [0.05, 0.1) is 0 Å². The maximum atomic E-state index is 11.8. The fourth-order valence-corrected chi connectivity index (χ4v) is 2.40. The van der Waals surface area contributed by atoms with Crippen LogP contribution in [0.1, 0.15) is 38.5 Å². The largest absolute Gasteiger partial charge is 0.368 e. The van der Waals surface area contributed by atoms with E-state index in [-0.39, 0.29) is 24.1 Å². The lowest BCUT2D eigenvalue weighted by atomic mass is 9.91. The second-order valence-corrected chi connectivity index (χ2v) is 4.57. The van der Waals surface area contributed by atoms with Crippen LogP contribution < -0.4 is 11.1 Å². The predicted molar refractivity (Wildman–Crippen MR) is 57.3 cm³/mol. The van der Waals surface area contributed by atoms with Gasteiger partial charge in [-0.3, -0.25) is 4.79 Å². The van der Waals surface area contributed by atoms with E-state index in [9.17, 15) is 4.79 Å². The summed E-state index contributed by atoms with van der Waals surface area (Å²) in [4.78, 5) is 11.8. The zero-order valence-corrected chi connectivity index (χ0v) is 9.08. The Kier molecular flexibility index (Phi) is 3.59. The predicted octanol–water partition coefficient (Wildman–Crippen LogP) is 0.551. The molecule has 1 heterocycles. The van der Waals surface area contributed by atoms with Crippen molar-refractivity contribution in [3.63, 3.8) is 0 Å². The van der Waals surface area contributed by atoms with Gasteiger partial charge in [-0.25, -0.2) is 0 Å². The van der Waals surface area contributed by atoms with Gasteiger partial charge in [0.2, 0.25) is 5.91 Å². The van der Waals surface area contributed by atoms with Crippen molar-refractivity contribution in [2.45, 2.75) is 56.7 Å². The molecule has 1 aliphatic heterocycles. The van der Waals surface area contributed by atoms with Crippen molar-refractivity contribution in [1.29, 1.82) is 0 Å². The molecule has 0 spiro atoms. The van der Waals surface area contributed by atoms with Crippen molar-refractivity contribution < 1.29 is 9.53 Å². The highest BCUT2D eigenvalue weighted by molar-refractivity contribution is 5.81. The van der Waals surface area contributed by atoms with E-state index in [1.165, 1.54) is 12.8 Å². The molecular formula is C11H20N2O2. The molecule has 2 rings (SSSR count). The summed E-state index contributed by atoms with van der Waals surface area (Å²) in [5.74, 6) is 0.0369. The Labute approximate surface area is 90.5 Å². The molecule has 1 saturated heterocycles. The smallest absolute Gasteiger partial charge is 0.249 e. The van der Waals surface area contributed by atoms with E-state index < -0.39 is 0 Å². The third-order valence-corrected chi connectivity index (χ3v) is 3.37. The highest BCUT2D eigenvalue weighted by Gasteiger charge is 2.28. The molecule has 0 bridgehead atoms. The second-order valence-electron chi connectivity index (χ2n) is 4.57. The van der Waals surface area contributed by atoms with Gasteiger partial charge in [-0.1, -0.05) is 12.8 Å². The zero-order chi connectivity index (χ0) is 10.7. The van der Waals surface area contributed by atoms with Crippen LogP contribution in [0.2, 0.25) is 0 Å². The topological polar surface area (TPSA) is 64.3 Å². The van der Waals surface area contributed by atoms with E-state index in [4.69, 9.17) is 10.5 Å². The Morgan fingerprint density at radius 3 is 2.67 bits per heavy atom. The third-order valence-electron chi connectivity index (χ3n) is 3.37. The van der Waals surface area contributed by atoms with Crippen molar-refractivity contribution >= 4 is 5.91 Å². The number of nitrogens with two attached hydrogens (primary N) is 1. The molecule has 4 heteroatoms. The summed E-state index contributed by atoms with van der Waals surface area (Å²) >= 11 is 0. The van der Waals surface area contributed by atoms with Gasteiger partial charge in [-0.05, 0) is 25.7 Å². The first-order valence-electron chi connectivity index (χ1n) is 5.95. The molecule has 0 aromatic carbocycles. The molecular weight excluding hydrogens is 192 g/mol. The zero-order valence-electron chi connectivity index (χ0n) is 9.08. The van der Waals surface area contributed by atoms with Gasteiger partial charge in [-0.15, -0.1) is 0 Å². The van der Waals surface area contributed by atoms with Gasteiger partial charge in [0, 0.05) is 18.7 Å². The van der Waals surface area contributed by atoms with Crippen LogP contribution >= 0.6 is 0 Å². The van der Waals surface area contributed by atoms with Crippen LogP contribution in [-0.2, 0) is 9.53 Å². The van der Waals surface area contributed by atoms with Gasteiger partial charge < -0.3 is 15.8 Å². The summed E-state index contributed by atoms with van der Waals surface area (Å²) in [5.41, 5.74) is 5.97. The number of rotatable bonds is 2. The number of hydrogen-bond acceptors (Lipinski definition) is 3. The number of carbonyl (C=O) groups excluding carboxylic acids is 1. The average molecular weight is 212 g/mol. The van der Waals surface area contributed by atoms with Crippen molar-refractivity contribution in [3.8, 4) is 0 Å². The molecule has 3 N–H and O–H groups in total. The van der Waals surface area contributed by atoms with E-state index >= 15 is 0 Å². The van der Waals surface area contributed by atoms with Crippen molar-refractivity contribution in [1.82, 2.24) is 5.32 Å². The maximum absolute atomic E-state index is 11.8. The molecule has 0 radical (unpaired) electrons. The summed E-state index contributed by atoms with van der Waals surface area (Å²) in [6, 6.07) is 0.291. The van der Waals surface area contributed by atoms with E-state index in [0.717, 1.165) is 32.3 Å². The quantitative estimate of drug-likeness (QED) is 0.702. The number of carbonyl (C=O) groups is 1. The van der Waals surface area contributed by atoms with Crippen LogP contribution in [0.25, 0.3) is 0 Å². The minimum absolute atomic E-state index is 0.0369. The van der Waals surface area contributed by atoms with Gasteiger partial charge in [0.1, 0.15) is 6.10 Å². The average Bonchev–Trinajstić information content (AvgIpc) is 2.74. The van der Waals surface area contributed by atoms with Crippen molar-refractivity contribution in [2.24, 2.45) is 5.73 Å². The standard InChI is InChI=1S/C11H20N2O2/c12-8-4-1-2-5-9(8)13-11(14)10-6-3-7-15-10/h8-10H,1-7,12H2,(H,13,14)/t8-,9-,10+/m1/s1. The summed E-state index contributed by atoms with van der Waals surface area (Å²) in [5, 5.41) is 3.02.